The van der Waals surface area contributed by atoms with Gasteiger partial charge in [-0.15, -0.1) is 0 Å². The minimum atomic E-state index is -0.869. The van der Waals surface area contributed by atoms with Crippen molar-refractivity contribution < 1.29 is 22.8 Å². The number of nitrogens with zero attached hydrogens (tertiary/aromatic N) is 1. The van der Waals surface area contributed by atoms with Gasteiger partial charge in [0.15, 0.2) is 0 Å². The average molecular weight is 349 g/mol. The van der Waals surface area contributed by atoms with Crippen LogP contribution >= 0.6 is 0 Å². The van der Waals surface area contributed by atoms with E-state index in [-0.39, 0.29) is 18.1 Å². The number of benzene rings is 1. The third-order valence-corrected chi connectivity index (χ3v) is 4.01. The molecule has 8 heteroatoms. The first kappa shape index (κ1) is 16.9. The molecule has 1 saturated heterocycles. The second-order valence-corrected chi connectivity index (χ2v) is 5.70. The molecule has 1 aliphatic heterocycles. The second kappa shape index (κ2) is 7.33. The van der Waals surface area contributed by atoms with E-state index >= 15 is 0 Å². The van der Waals surface area contributed by atoms with E-state index in [4.69, 9.17) is 4.42 Å². The van der Waals surface area contributed by atoms with Gasteiger partial charge in [0.05, 0.1) is 18.5 Å². The Morgan fingerprint density at radius 3 is 2.84 bits per heavy atom. The van der Waals surface area contributed by atoms with Crippen molar-refractivity contribution in [2.75, 3.05) is 11.9 Å². The highest BCUT2D eigenvalue weighted by atomic mass is 19.1. The molecule has 25 heavy (non-hydrogen) atoms. The van der Waals surface area contributed by atoms with Crippen molar-refractivity contribution in [1.82, 2.24) is 10.2 Å². The van der Waals surface area contributed by atoms with Gasteiger partial charge in [0.1, 0.15) is 23.4 Å². The Bertz CT molecular complexity index is 765. The number of furan rings is 1. The summed E-state index contributed by atoms with van der Waals surface area (Å²) >= 11 is 0. The number of carbonyl (C=O) groups excluding carboxylic acids is 2. The van der Waals surface area contributed by atoms with Crippen molar-refractivity contribution in [3.8, 4) is 0 Å². The zero-order valence-electron chi connectivity index (χ0n) is 13.3. The van der Waals surface area contributed by atoms with Crippen LogP contribution in [0.15, 0.2) is 41.0 Å². The van der Waals surface area contributed by atoms with Crippen LogP contribution in [0.25, 0.3) is 0 Å². The molecule has 2 N–H and O–H groups in total. The van der Waals surface area contributed by atoms with Crippen LogP contribution < -0.4 is 10.6 Å². The van der Waals surface area contributed by atoms with Crippen molar-refractivity contribution in [1.29, 1.82) is 0 Å². The Morgan fingerprint density at radius 2 is 2.12 bits per heavy atom. The monoisotopic (exact) mass is 349 g/mol. The molecule has 0 aliphatic carbocycles. The molecule has 2 heterocycles. The van der Waals surface area contributed by atoms with Crippen LogP contribution in [0.2, 0.25) is 0 Å². The normalized spacial score (nSPS) is 16.7. The fourth-order valence-corrected chi connectivity index (χ4v) is 2.77. The molecule has 1 aromatic heterocycles. The predicted octanol–water partition coefficient (Wildman–Crippen LogP) is 2.87. The number of rotatable bonds is 4. The lowest BCUT2D eigenvalue weighted by atomic mass is 10.2. The first-order chi connectivity index (χ1) is 12.0. The molecular formula is C17H17F2N3O3. The number of hydrogen-bond acceptors (Lipinski definition) is 3. The van der Waals surface area contributed by atoms with Gasteiger partial charge in [0.2, 0.25) is 5.91 Å². The van der Waals surface area contributed by atoms with Crippen LogP contribution in [0.4, 0.5) is 19.3 Å². The number of urea groups is 1. The summed E-state index contributed by atoms with van der Waals surface area (Å²) in [5.41, 5.74) is -0.131. The second-order valence-electron chi connectivity index (χ2n) is 5.70. The molecule has 1 aliphatic rings. The van der Waals surface area contributed by atoms with Gasteiger partial charge in [-0.05, 0) is 37.1 Å². The molecule has 3 rings (SSSR count). The molecule has 1 atom stereocenters. The van der Waals surface area contributed by atoms with Gasteiger partial charge >= 0.3 is 6.03 Å². The van der Waals surface area contributed by atoms with Crippen molar-refractivity contribution in [3.63, 3.8) is 0 Å². The molecule has 0 spiro atoms. The molecule has 2 aromatic rings. The summed E-state index contributed by atoms with van der Waals surface area (Å²) in [5, 5.41) is 5.10. The SMILES string of the molecule is O=C(NCc1ccco1)[C@H]1CCCN1C(=O)Nc1ccc(F)cc1F. The third-order valence-electron chi connectivity index (χ3n) is 4.01. The Hall–Kier alpha value is -2.90. The number of halogens is 2. The maximum Gasteiger partial charge on any atom is 0.322 e. The molecule has 3 amide bonds. The number of nitrogens with one attached hydrogen (secondary N) is 2. The van der Waals surface area contributed by atoms with Crippen LogP contribution in [0.1, 0.15) is 18.6 Å². The van der Waals surface area contributed by atoms with Crippen molar-refractivity contribution >= 4 is 17.6 Å². The summed E-state index contributed by atoms with van der Waals surface area (Å²) in [6.07, 6.45) is 2.69. The maximum atomic E-state index is 13.7. The summed E-state index contributed by atoms with van der Waals surface area (Å²) < 4.78 is 31.7. The van der Waals surface area contributed by atoms with E-state index in [0.29, 0.717) is 31.2 Å². The first-order valence-corrected chi connectivity index (χ1v) is 7.87. The summed E-state index contributed by atoms with van der Waals surface area (Å²) in [7, 11) is 0. The maximum absolute atomic E-state index is 13.7. The van der Waals surface area contributed by atoms with Gasteiger partial charge in [0, 0.05) is 12.6 Å². The third kappa shape index (κ3) is 3.96. The zero-order valence-corrected chi connectivity index (χ0v) is 13.3. The van der Waals surface area contributed by atoms with Crippen LogP contribution in [0.5, 0.6) is 0 Å². The topological polar surface area (TPSA) is 74.6 Å². The van der Waals surface area contributed by atoms with E-state index in [0.717, 1.165) is 12.1 Å². The van der Waals surface area contributed by atoms with E-state index in [1.165, 1.54) is 11.2 Å². The van der Waals surface area contributed by atoms with Gasteiger partial charge in [-0.25, -0.2) is 13.6 Å². The number of hydrogen-bond donors (Lipinski definition) is 2. The number of carbonyl (C=O) groups is 2. The highest BCUT2D eigenvalue weighted by molar-refractivity contribution is 5.94. The molecule has 0 radical (unpaired) electrons. The van der Waals surface area contributed by atoms with Gasteiger partial charge in [-0.3, -0.25) is 4.79 Å². The summed E-state index contributed by atoms with van der Waals surface area (Å²) in [6, 6.07) is 5.10. The van der Waals surface area contributed by atoms with Crippen molar-refractivity contribution in [2.45, 2.75) is 25.4 Å². The molecular weight excluding hydrogens is 332 g/mol. The molecule has 1 fully saturated rings. The van der Waals surface area contributed by atoms with Crippen LogP contribution in [0, 0.1) is 11.6 Å². The lowest BCUT2D eigenvalue weighted by Gasteiger charge is -2.24. The minimum Gasteiger partial charge on any atom is -0.467 e. The quantitative estimate of drug-likeness (QED) is 0.891. The zero-order chi connectivity index (χ0) is 17.8. The fourth-order valence-electron chi connectivity index (χ4n) is 2.77. The van der Waals surface area contributed by atoms with Gasteiger partial charge < -0.3 is 20.0 Å². The van der Waals surface area contributed by atoms with E-state index in [9.17, 15) is 18.4 Å². The number of amides is 3. The largest absolute Gasteiger partial charge is 0.467 e. The minimum absolute atomic E-state index is 0.131. The molecule has 6 nitrogen and oxygen atoms in total. The highest BCUT2D eigenvalue weighted by Crippen LogP contribution is 2.21. The molecule has 0 unspecified atom stereocenters. The van der Waals surface area contributed by atoms with Gasteiger partial charge in [0.25, 0.3) is 0 Å². The number of anilines is 1. The van der Waals surface area contributed by atoms with E-state index in [1.54, 1.807) is 12.1 Å². The Labute approximate surface area is 142 Å². The summed E-state index contributed by atoms with van der Waals surface area (Å²) in [5.74, 6) is -1.29. The Balaban J connectivity index is 1.61. The summed E-state index contributed by atoms with van der Waals surface area (Å²) in [4.78, 5) is 26.0. The van der Waals surface area contributed by atoms with E-state index in [1.807, 2.05) is 0 Å². The average Bonchev–Trinajstić information content (AvgIpc) is 3.26. The smallest absolute Gasteiger partial charge is 0.322 e. The van der Waals surface area contributed by atoms with E-state index < -0.39 is 23.7 Å². The van der Waals surface area contributed by atoms with Crippen LogP contribution in [-0.2, 0) is 11.3 Å². The Morgan fingerprint density at radius 1 is 1.28 bits per heavy atom. The fraction of sp³-hybridized carbons (Fsp3) is 0.294. The standard InChI is InChI=1S/C17H17F2N3O3/c18-11-5-6-14(13(19)9-11)21-17(24)22-7-1-4-15(22)16(23)20-10-12-3-2-8-25-12/h2-3,5-6,8-9,15H,1,4,7,10H2,(H,20,23)(H,21,24)/t15-/m1/s1. The lowest BCUT2D eigenvalue weighted by Crippen LogP contribution is -2.47. The van der Waals surface area contributed by atoms with Gasteiger partial charge in [-0.2, -0.15) is 0 Å². The van der Waals surface area contributed by atoms with E-state index in [2.05, 4.69) is 10.6 Å². The molecule has 132 valence electrons. The lowest BCUT2D eigenvalue weighted by molar-refractivity contribution is -0.124. The van der Waals surface area contributed by atoms with Crippen LogP contribution in [-0.4, -0.2) is 29.4 Å². The Kier molecular flexibility index (Phi) is 4.97. The predicted molar refractivity (Wildman–Crippen MR) is 85.7 cm³/mol. The van der Waals surface area contributed by atoms with Crippen molar-refractivity contribution in [3.05, 3.63) is 54.0 Å². The van der Waals surface area contributed by atoms with Crippen molar-refractivity contribution in [2.24, 2.45) is 0 Å². The highest BCUT2D eigenvalue weighted by Gasteiger charge is 2.34. The molecule has 1 aromatic carbocycles. The summed E-state index contributed by atoms with van der Waals surface area (Å²) in [6.45, 7) is 0.609. The number of likely N-dealkylation sites (tertiary alicyclic amines) is 1. The first-order valence-electron chi connectivity index (χ1n) is 7.87. The van der Waals surface area contributed by atoms with Crippen LogP contribution in [0.3, 0.4) is 0 Å². The molecule has 0 saturated carbocycles. The van der Waals surface area contributed by atoms with Gasteiger partial charge in [-0.1, -0.05) is 0 Å². The molecule has 0 bridgehead atoms.